The third-order valence-electron chi connectivity index (χ3n) is 2.91. The molecule has 0 aliphatic carbocycles. The van der Waals surface area contributed by atoms with E-state index in [0.717, 1.165) is 5.69 Å². The lowest BCUT2D eigenvalue weighted by atomic mass is 10.1. The first-order valence-electron chi connectivity index (χ1n) is 6.22. The van der Waals surface area contributed by atoms with Crippen molar-refractivity contribution in [3.8, 4) is 5.75 Å². The maximum Gasteiger partial charge on any atom is 0.262 e. The summed E-state index contributed by atoms with van der Waals surface area (Å²) in [6.07, 6.45) is 3.32. The van der Waals surface area contributed by atoms with Crippen LogP contribution in [-0.4, -0.2) is 24.5 Å². The first-order chi connectivity index (χ1) is 9.67. The summed E-state index contributed by atoms with van der Waals surface area (Å²) in [4.78, 5) is 18.3. The van der Waals surface area contributed by atoms with E-state index >= 15 is 0 Å². The van der Waals surface area contributed by atoms with Gasteiger partial charge >= 0.3 is 0 Å². The highest BCUT2D eigenvalue weighted by Gasteiger charge is 2.20. The molecule has 104 valence electrons. The third-order valence-corrected chi connectivity index (χ3v) is 3.15. The van der Waals surface area contributed by atoms with Gasteiger partial charge in [-0.25, -0.2) is 0 Å². The molecule has 0 spiro atoms. The Morgan fingerprint density at radius 1 is 1.40 bits per heavy atom. The highest BCUT2D eigenvalue weighted by molar-refractivity contribution is 6.31. The second-order valence-corrected chi connectivity index (χ2v) is 4.54. The Balaban J connectivity index is 2.41. The Hall–Kier alpha value is -2.07. The minimum absolute atomic E-state index is 0.167. The minimum atomic E-state index is -0.167. The number of ether oxygens (including phenoxy) is 1. The Kier molecular flexibility index (Phi) is 4.58. The monoisotopic (exact) mass is 290 g/mol. The predicted molar refractivity (Wildman–Crippen MR) is 79.6 cm³/mol. The molecule has 0 bridgehead atoms. The summed E-state index contributed by atoms with van der Waals surface area (Å²) in [6, 6.07) is 8.62. The van der Waals surface area contributed by atoms with Crippen LogP contribution in [0.5, 0.6) is 5.75 Å². The summed E-state index contributed by atoms with van der Waals surface area (Å²) in [6.45, 7) is 2.43. The largest absolute Gasteiger partial charge is 0.496 e. The van der Waals surface area contributed by atoms with Gasteiger partial charge in [0.15, 0.2) is 0 Å². The van der Waals surface area contributed by atoms with E-state index in [1.165, 1.54) is 7.11 Å². The molecule has 5 heteroatoms. The van der Waals surface area contributed by atoms with Crippen LogP contribution in [0.2, 0.25) is 5.02 Å². The molecule has 0 saturated heterocycles. The van der Waals surface area contributed by atoms with Gasteiger partial charge in [-0.2, -0.15) is 0 Å². The van der Waals surface area contributed by atoms with Crippen LogP contribution in [0.25, 0.3) is 0 Å². The number of aromatic nitrogens is 1. The van der Waals surface area contributed by atoms with E-state index in [-0.39, 0.29) is 5.91 Å². The van der Waals surface area contributed by atoms with E-state index in [1.54, 1.807) is 41.6 Å². The second-order valence-electron chi connectivity index (χ2n) is 4.11. The molecule has 2 aromatic rings. The number of carbonyl (C=O) groups excluding carboxylic acids is 1. The van der Waals surface area contributed by atoms with Crippen molar-refractivity contribution in [2.75, 3.05) is 18.6 Å². The number of carbonyl (C=O) groups is 1. The van der Waals surface area contributed by atoms with Gasteiger partial charge in [0.1, 0.15) is 5.75 Å². The fraction of sp³-hybridized carbons (Fsp3) is 0.200. The van der Waals surface area contributed by atoms with Crippen LogP contribution in [0.4, 0.5) is 5.69 Å². The fourth-order valence-corrected chi connectivity index (χ4v) is 2.12. The first-order valence-corrected chi connectivity index (χ1v) is 6.60. The van der Waals surface area contributed by atoms with E-state index in [4.69, 9.17) is 16.3 Å². The molecule has 0 aliphatic rings. The zero-order valence-corrected chi connectivity index (χ0v) is 12.1. The first kappa shape index (κ1) is 14.3. The molecule has 0 fully saturated rings. The Labute approximate surface area is 123 Å². The zero-order valence-electron chi connectivity index (χ0n) is 11.3. The highest BCUT2D eigenvalue weighted by Crippen LogP contribution is 2.25. The maximum absolute atomic E-state index is 12.7. The van der Waals surface area contributed by atoms with Gasteiger partial charge in [-0.3, -0.25) is 9.78 Å². The van der Waals surface area contributed by atoms with E-state index in [0.29, 0.717) is 22.9 Å². The highest BCUT2D eigenvalue weighted by atomic mass is 35.5. The van der Waals surface area contributed by atoms with Gasteiger partial charge < -0.3 is 9.64 Å². The molecule has 0 saturated carbocycles. The van der Waals surface area contributed by atoms with Crippen LogP contribution in [-0.2, 0) is 0 Å². The third kappa shape index (κ3) is 2.91. The molecule has 1 amide bonds. The molecule has 1 aromatic carbocycles. The minimum Gasteiger partial charge on any atom is -0.496 e. The quantitative estimate of drug-likeness (QED) is 0.866. The van der Waals surface area contributed by atoms with Gasteiger partial charge in [-0.1, -0.05) is 11.6 Å². The van der Waals surface area contributed by atoms with Crippen molar-refractivity contribution < 1.29 is 9.53 Å². The Bertz CT molecular complexity index is 602. The molecular formula is C15H15ClN2O2. The number of halogens is 1. The Morgan fingerprint density at radius 3 is 2.80 bits per heavy atom. The lowest BCUT2D eigenvalue weighted by Gasteiger charge is -2.21. The van der Waals surface area contributed by atoms with Crippen LogP contribution in [0.3, 0.4) is 0 Å². The molecule has 1 aromatic heterocycles. The molecule has 0 N–H and O–H groups in total. The van der Waals surface area contributed by atoms with Crippen LogP contribution >= 0.6 is 11.6 Å². The van der Waals surface area contributed by atoms with Crippen LogP contribution in [0.15, 0.2) is 42.7 Å². The van der Waals surface area contributed by atoms with E-state index < -0.39 is 0 Å². The van der Waals surface area contributed by atoms with Crippen LogP contribution in [0, 0.1) is 0 Å². The van der Waals surface area contributed by atoms with Gasteiger partial charge in [0.2, 0.25) is 0 Å². The molecule has 20 heavy (non-hydrogen) atoms. The van der Waals surface area contributed by atoms with E-state index in [2.05, 4.69) is 4.98 Å². The number of benzene rings is 1. The van der Waals surface area contributed by atoms with Crippen LogP contribution < -0.4 is 9.64 Å². The summed E-state index contributed by atoms with van der Waals surface area (Å²) < 4.78 is 5.23. The molecule has 0 unspecified atom stereocenters. The number of nitrogens with zero attached hydrogens (tertiary/aromatic N) is 2. The smallest absolute Gasteiger partial charge is 0.262 e. The topological polar surface area (TPSA) is 42.4 Å². The zero-order chi connectivity index (χ0) is 14.5. The molecule has 0 radical (unpaired) electrons. The summed E-state index contributed by atoms with van der Waals surface area (Å²) in [5.74, 6) is 0.335. The van der Waals surface area contributed by atoms with Gasteiger partial charge in [0.05, 0.1) is 24.6 Å². The van der Waals surface area contributed by atoms with Gasteiger partial charge in [-0.05, 0) is 37.3 Å². The predicted octanol–water partition coefficient (Wildman–Crippen LogP) is 3.41. The van der Waals surface area contributed by atoms with Crippen molar-refractivity contribution in [1.29, 1.82) is 0 Å². The molecule has 4 nitrogen and oxygen atoms in total. The molecule has 2 rings (SSSR count). The SMILES string of the molecule is CCN(C(=O)c1cc(Cl)ccc1OC)c1cccnc1. The van der Waals surface area contributed by atoms with Gasteiger partial charge in [0, 0.05) is 17.8 Å². The molecule has 1 heterocycles. The number of hydrogen-bond donors (Lipinski definition) is 0. The van der Waals surface area contributed by atoms with Crippen molar-refractivity contribution in [2.45, 2.75) is 6.92 Å². The molecule has 0 aliphatic heterocycles. The number of rotatable bonds is 4. The van der Waals surface area contributed by atoms with Crippen molar-refractivity contribution in [2.24, 2.45) is 0 Å². The average molecular weight is 291 g/mol. The van der Waals surface area contributed by atoms with Crippen LogP contribution in [0.1, 0.15) is 17.3 Å². The van der Waals surface area contributed by atoms with Crippen molar-refractivity contribution in [1.82, 2.24) is 4.98 Å². The summed E-state index contributed by atoms with van der Waals surface area (Å²) in [5, 5.41) is 0.497. The number of hydrogen-bond acceptors (Lipinski definition) is 3. The average Bonchev–Trinajstić information content (AvgIpc) is 2.49. The van der Waals surface area contributed by atoms with Gasteiger partial charge in [0.25, 0.3) is 5.91 Å². The Morgan fingerprint density at radius 2 is 2.20 bits per heavy atom. The normalized spacial score (nSPS) is 10.2. The van der Waals surface area contributed by atoms with Crippen molar-refractivity contribution in [3.05, 3.63) is 53.3 Å². The lowest BCUT2D eigenvalue weighted by molar-refractivity contribution is 0.0985. The van der Waals surface area contributed by atoms with Crippen molar-refractivity contribution >= 4 is 23.2 Å². The van der Waals surface area contributed by atoms with E-state index in [1.807, 2.05) is 13.0 Å². The number of anilines is 1. The molecule has 0 atom stereocenters. The fourth-order valence-electron chi connectivity index (χ4n) is 1.95. The summed E-state index contributed by atoms with van der Waals surface area (Å²) in [5.41, 5.74) is 1.17. The summed E-state index contributed by atoms with van der Waals surface area (Å²) in [7, 11) is 1.53. The second kappa shape index (κ2) is 6.39. The van der Waals surface area contributed by atoms with Gasteiger partial charge in [-0.15, -0.1) is 0 Å². The lowest BCUT2D eigenvalue weighted by Crippen LogP contribution is -2.31. The maximum atomic E-state index is 12.7. The number of pyridine rings is 1. The number of methoxy groups -OCH3 is 1. The van der Waals surface area contributed by atoms with Crippen molar-refractivity contribution in [3.63, 3.8) is 0 Å². The summed E-state index contributed by atoms with van der Waals surface area (Å²) >= 11 is 5.97. The van der Waals surface area contributed by atoms with E-state index in [9.17, 15) is 4.79 Å². The number of amides is 1. The molecular weight excluding hydrogens is 276 g/mol. The standard InChI is InChI=1S/C15H15ClN2O2/c1-3-18(12-5-4-8-17-10-12)15(19)13-9-11(16)6-7-14(13)20-2/h4-10H,3H2,1-2H3.